The first-order valence-electron chi connectivity index (χ1n) is 7.17. The second-order valence-electron chi connectivity index (χ2n) is 6.25. The summed E-state index contributed by atoms with van der Waals surface area (Å²) in [4.78, 5) is 26.2. The predicted octanol–water partition coefficient (Wildman–Crippen LogP) is 2.39. The second kappa shape index (κ2) is 6.20. The van der Waals surface area contributed by atoms with Crippen molar-refractivity contribution in [2.24, 2.45) is 0 Å². The maximum absolute atomic E-state index is 11.8. The van der Waals surface area contributed by atoms with E-state index in [1.54, 1.807) is 39.1 Å². The highest BCUT2D eigenvalue weighted by atomic mass is 16.6. The van der Waals surface area contributed by atoms with Crippen LogP contribution >= 0.6 is 0 Å². The first kappa shape index (κ1) is 16.7. The highest BCUT2D eigenvalue weighted by Gasteiger charge is 2.25. The number of carbonyl (C=O) groups excluding carboxylic acids is 1. The normalized spacial score (nSPS) is 12.8. The van der Waals surface area contributed by atoms with E-state index in [-0.39, 0.29) is 12.2 Å². The summed E-state index contributed by atoms with van der Waals surface area (Å²) in [6.45, 7) is 5.08. The highest BCUT2D eigenvalue weighted by Crippen LogP contribution is 2.28. The van der Waals surface area contributed by atoms with Crippen molar-refractivity contribution in [1.82, 2.24) is 10.3 Å². The Morgan fingerprint density at radius 2 is 2.04 bits per heavy atom. The van der Waals surface area contributed by atoms with Crippen molar-refractivity contribution in [2.45, 2.75) is 38.8 Å². The lowest BCUT2D eigenvalue weighted by molar-refractivity contribution is -0.139. The molecule has 0 saturated carbocycles. The molecule has 4 N–H and O–H groups in total. The number of hydrogen-bond donors (Lipinski definition) is 4. The van der Waals surface area contributed by atoms with Gasteiger partial charge in [0, 0.05) is 23.5 Å². The van der Waals surface area contributed by atoms with Crippen molar-refractivity contribution in [3.63, 3.8) is 0 Å². The standard InChI is InChI=1S/C16H20N2O5/c1-16(2,3)23-15(22)18-11(14(20)21)7-9-8-17-10-5-4-6-12(19)13(9)10/h4-6,8,11,17,19H,7H2,1-3H3,(H,18,22)(H,20,21)/t11-/m0/s1. The van der Waals surface area contributed by atoms with E-state index >= 15 is 0 Å². The van der Waals surface area contributed by atoms with Gasteiger partial charge in [0.15, 0.2) is 0 Å². The van der Waals surface area contributed by atoms with Gasteiger partial charge in [0.25, 0.3) is 0 Å². The zero-order valence-electron chi connectivity index (χ0n) is 13.2. The van der Waals surface area contributed by atoms with Gasteiger partial charge in [0.1, 0.15) is 17.4 Å². The van der Waals surface area contributed by atoms with Gasteiger partial charge in [0.2, 0.25) is 0 Å². The Balaban J connectivity index is 2.19. The van der Waals surface area contributed by atoms with Crippen LogP contribution in [0.25, 0.3) is 10.9 Å². The van der Waals surface area contributed by atoms with Crippen molar-refractivity contribution < 1.29 is 24.5 Å². The number of aliphatic carboxylic acids is 1. The number of rotatable bonds is 4. The average Bonchev–Trinajstić information content (AvgIpc) is 2.80. The Morgan fingerprint density at radius 1 is 1.35 bits per heavy atom. The van der Waals surface area contributed by atoms with Crippen molar-refractivity contribution in [1.29, 1.82) is 0 Å². The maximum Gasteiger partial charge on any atom is 0.408 e. The third-order valence-electron chi connectivity index (χ3n) is 3.18. The molecule has 0 aliphatic heterocycles. The molecule has 7 heteroatoms. The van der Waals surface area contributed by atoms with Crippen LogP contribution in [0.5, 0.6) is 5.75 Å². The Labute approximate surface area is 133 Å². The summed E-state index contributed by atoms with van der Waals surface area (Å²) in [5, 5.41) is 22.2. The molecule has 2 aromatic rings. The number of carboxylic acids is 1. The largest absolute Gasteiger partial charge is 0.507 e. The Kier molecular flexibility index (Phi) is 4.49. The molecule has 0 bridgehead atoms. The smallest absolute Gasteiger partial charge is 0.408 e. The van der Waals surface area contributed by atoms with Crippen molar-refractivity contribution in [2.75, 3.05) is 0 Å². The molecule has 124 valence electrons. The zero-order chi connectivity index (χ0) is 17.2. The molecule has 1 aromatic carbocycles. The molecule has 1 aromatic heterocycles. The Bertz CT molecular complexity index is 730. The SMILES string of the molecule is CC(C)(C)OC(=O)N[C@@H](Cc1c[nH]c2cccc(O)c12)C(=O)O. The van der Waals surface area contributed by atoms with Crippen molar-refractivity contribution in [3.8, 4) is 5.75 Å². The van der Waals surface area contributed by atoms with Gasteiger partial charge < -0.3 is 25.3 Å². The molecule has 1 heterocycles. The molecule has 7 nitrogen and oxygen atoms in total. The molecular weight excluding hydrogens is 300 g/mol. The summed E-state index contributed by atoms with van der Waals surface area (Å²) in [5.74, 6) is -1.12. The third-order valence-corrected chi connectivity index (χ3v) is 3.18. The van der Waals surface area contributed by atoms with Gasteiger partial charge in [-0.25, -0.2) is 9.59 Å². The minimum Gasteiger partial charge on any atom is -0.507 e. The first-order valence-corrected chi connectivity index (χ1v) is 7.17. The van der Waals surface area contributed by atoms with E-state index in [0.29, 0.717) is 16.5 Å². The number of H-pyrrole nitrogens is 1. The molecular formula is C16H20N2O5. The van der Waals surface area contributed by atoms with Gasteiger partial charge in [-0.2, -0.15) is 0 Å². The molecule has 0 aliphatic carbocycles. The molecule has 0 radical (unpaired) electrons. The number of nitrogens with one attached hydrogen (secondary N) is 2. The highest BCUT2D eigenvalue weighted by molar-refractivity contribution is 5.90. The number of fused-ring (bicyclic) bond motifs is 1. The molecule has 1 amide bonds. The van der Waals surface area contributed by atoms with Crippen LogP contribution in [0.1, 0.15) is 26.3 Å². The van der Waals surface area contributed by atoms with Crippen molar-refractivity contribution in [3.05, 3.63) is 30.0 Å². The fourth-order valence-electron chi connectivity index (χ4n) is 2.27. The number of aromatic amines is 1. The summed E-state index contributed by atoms with van der Waals surface area (Å²) in [5.41, 5.74) is 0.578. The lowest BCUT2D eigenvalue weighted by Gasteiger charge is -2.22. The number of ether oxygens (including phenoxy) is 1. The van der Waals surface area contributed by atoms with E-state index < -0.39 is 23.7 Å². The number of benzene rings is 1. The molecule has 0 unspecified atom stereocenters. The molecule has 1 atom stereocenters. The number of phenolic OH excluding ortho intramolecular Hbond substituents is 1. The lowest BCUT2D eigenvalue weighted by atomic mass is 10.0. The molecule has 0 spiro atoms. The Morgan fingerprint density at radius 3 is 2.65 bits per heavy atom. The van der Waals surface area contributed by atoms with Crippen LogP contribution in [-0.2, 0) is 16.0 Å². The average molecular weight is 320 g/mol. The Hall–Kier alpha value is -2.70. The molecule has 0 fully saturated rings. The number of amides is 1. The summed E-state index contributed by atoms with van der Waals surface area (Å²) in [6, 6.07) is 3.82. The summed E-state index contributed by atoms with van der Waals surface area (Å²) >= 11 is 0. The number of alkyl carbamates (subject to hydrolysis) is 1. The van der Waals surface area contributed by atoms with Crippen LogP contribution in [0.4, 0.5) is 4.79 Å². The van der Waals surface area contributed by atoms with Crippen LogP contribution in [0.3, 0.4) is 0 Å². The number of aromatic nitrogens is 1. The van der Waals surface area contributed by atoms with E-state index in [0.717, 1.165) is 0 Å². The van der Waals surface area contributed by atoms with E-state index in [9.17, 15) is 19.8 Å². The van der Waals surface area contributed by atoms with Gasteiger partial charge in [-0.05, 0) is 38.5 Å². The number of carboxylic acid groups (broad SMARTS) is 1. The minimum absolute atomic E-state index is 0.0200. The van der Waals surface area contributed by atoms with Crippen LogP contribution in [-0.4, -0.2) is 38.9 Å². The topological polar surface area (TPSA) is 112 Å². The van der Waals surface area contributed by atoms with Crippen LogP contribution < -0.4 is 5.32 Å². The van der Waals surface area contributed by atoms with E-state index in [1.807, 2.05) is 0 Å². The van der Waals surface area contributed by atoms with E-state index in [4.69, 9.17) is 4.74 Å². The number of carbonyl (C=O) groups is 2. The maximum atomic E-state index is 11.8. The second-order valence-corrected chi connectivity index (χ2v) is 6.25. The van der Waals surface area contributed by atoms with Crippen LogP contribution in [0, 0.1) is 0 Å². The fraction of sp³-hybridized carbons (Fsp3) is 0.375. The monoisotopic (exact) mass is 320 g/mol. The fourth-order valence-corrected chi connectivity index (χ4v) is 2.27. The molecule has 0 aliphatic rings. The van der Waals surface area contributed by atoms with Crippen LogP contribution in [0.15, 0.2) is 24.4 Å². The van der Waals surface area contributed by atoms with E-state index in [1.165, 1.54) is 6.07 Å². The molecule has 0 saturated heterocycles. The van der Waals surface area contributed by atoms with E-state index in [2.05, 4.69) is 10.3 Å². The zero-order valence-corrected chi connectivity index (χ0v) is 13.2. The predicted molar refractivity (Wildman–Crippen MR) is 84.5 cm³/mol. The van der Waals surface area contributed by atoms with Crippen LogP contribution in [0.2, 0.25) is 0 Å². The molecule has 23 heavy (non-hydrogen) atoms. The van der Waals surface area contributed by atoms with Gasteiger partial charge >= 0.3 is 12.1 Å². The van der Waals surface area contributed by atoms with Gasteiger partial charge in [-0.15, -0.1) is 0 Å². The first-order chi connectivity index (χ1) is 10.7. The summed E-state index contributed by atoms with van der Waals surface area (Å²) in [7, 11) is 0. The summed E-state index contributed by atoms with van der Waals surface area (Å²) < 4.78 is 5.08. The number of hydrogen-bond acceptors (Lipinski definition) is 4. The third kappa shape index (κ3) is 4.15. The van der Waals surface area contributed by atoms with Gasteiger partial charge in [0.05, 0.1) is 0 Å². The quantitative estimate of drug-likeness (QED) is 0.691. The van der Waals surface area contributed by atoms with Crippen molar-refractivity contribution >= 4 is 23.0 Å². The van der Waals surface area contributed by atoms with Gasteiger partial charge in [-0.1, -0.05) is 6.07 Å². The molecule has 2 rings (SSSR count). The number of aromatic hydroxyl groups is 1. The lowest BCUT2D eigenvalue weighted by Crippen LogP contribution is -2.44. The number of phenols is 1. The minimum atomic E-state index is -1.18. The van der Waals surface area contributed by atoms with Gasteiger partial charge in [-0.3, -0.25) is 0 Å². The summed E-state index contributed by atoms with van der Waals surface area (Å²) in [6.07, 6.45) is 0.845.